The number of ether oxygens (including phenoxy) is 1. The second-order valence-electron chi connectivity index (χ2n) is 4.97. The summed E-state index contributed by atoms with van der Waals surface area (Å²) in [4.78, 5) is 2.39. The lowest BCUT2D eigenvalue weighted by Gasteiger charge is -2.15. The third kappa shape index (κ3) is 4.80. The van der Waals surface area contributed by atoms with E-state index in [2.05, 4.69) is 10.2 Å². The summed E-state index contributed by atoms with van der Waals surface area (Å²) in [5, 5.41) is 3.19. The predicted octanol–water partition coefficient (Wildman–Crippen LogP) is 2.41. The summed E-state index contributed by atoms with van der Waals surface area (Å²) in [5.41, 5.74) is 0.929. The highest BCUT2D eigenvalue weighted by Gasteiger charge is 2.11. The number of hydrogen-bond acceptors (Lipinski definition) is 3. The number of halogens is 1. The maximum Gasteiger partial charge on any atom is 0.127 e. The molecule has 0 aromatic heterocycles. The van der Waals surface area contributed by atoms with Gasteiger partial charge < -0.3 is 10.1 Å². The summed E-state index contributed by atoms with van der Waals surface area (Å²) in [5.74, 6) is 0.402. The van der Waals surface area contributed by atoms with Gasteiger partial charge in [0.25, 0.3) is 0 Å². The maximum atomic E-state index is 13.5. The molecular weight excluding hydrogens is 243 g/mol. The summed E-state index contributed by atoms with van der Waals surface area (Å²) in [7, 11) is 0. The van der Waals surface area contributed by atoms with Crippen molar-refractivity contribution in [3.63, 3.8) is 0 Å². The molecule has 106 valence electrons. The van der Waals surface area contributed by atoms with Crippen LogP contribution < -0.4 is 10.1 Å². The van der Waals surface area contributed by atoms with Crippen molar-refractivity contribution in [1.29, 1.82) is 0 Å². The number of rotatable bonds is 7. The zero-order chi connectivity index (χ0) is 13.5. The Morgan fingerprint density at radius 2 is 2.05 bits per heavy atom. The van der Waals surface area contributed by atoms with Crippen LogP contribution in [0.15, 0.2) is 18.2 Å². The Morgan fingerprint density at radius 1 is 1.26 bits per heavy atom. The van der Waals surface area contributed by atoms with Gasteiger partial charge in [-0.25, -0.2) is 4.39 Å². The average Bonchev–Trinajstić information content (AvgIpc) is 2.89. The quantitative estimate of drug-likeness (QED) is 0.820. The molecule has 0 aliphatic carbocycles. The Kier molecular flexibility index (Phi) is 5.61. The number of benzene rings is 1. The smallest absolute Gasteiger partial charge is 0.127 e. The molecule has 19 heavy (non-hydrogen) atoms. The van der Waals surface area contributed by atoms with E-state index in [1.807, 2.05) is 13.0 Å². The minimum atomic E-state index is -0.230. The number of nitrogens with zero attached hydrogens (tertiary/aromatic N) is 1. The van der Waals surface area contributed by atoms with Crippen molar-refractivity contribution in [3.8, 4) is 5.75 Å². The zero-order valence-corrected chi connectivity index (χ0v) is 11.6. The molecular formula is C15H23FN2O. The van der Waals surface area contributed by atoms with Gasteiger partial charge in [0.2, 0.25) is 0 Å². The van der Waals surface area contributed by atoms with Crippen LogP contribution in [0.4, 0.5) is 4.39 Å². The third-order valence-electron chi connectivity index (χ3n) is 3.39. The van der Waals surface area contributed by atoms with Gasteiger partial charge in [0.05, 0.1) is 0 Å². The lowest BCUT2D eigenvalue weighted by atomic mass is 10.2. The van der Waals surface area contributed by atoms with Gasteiger partial charge in [0, 0.05) is 19.2 Å². The van der Waals surface area contributed by atoms with Gasteiger partial charge in [0.1, 0.15) is 18.2 Å². The number of likely N-dealkylation sites (tertiary alicyclic amines) is 1. The summed E-state index contributed by atoms with van der Waals surface area (Å²) < 4.78 is 19.1. The summed E-state index contributed by atoms with van der Waals surface area (Å²) in [6.07, 6.45) is 2.57. The van der Waals surface area contributed by atoms with Crippen LogP contribution in [0.1, 0.15) is 25.3 Å². The van der Waals surface area contributed by atoms with Crippen molar-refractivity contribution in [2.45, 2.75) is 26.3 Å². The fourth-order valence-electron chi connectivity index (χ4n) is 2.37. The Hall–Kier alpha value is -1.13. The molecule has 1 aromatic carbocycles. The first kappa shape index (κ1) is 14.3. The van der Waals surface area contributed by atoms with Crippen LogP contribution in [-0.2, 0) is 6.54 Å². The Labute approximate surface area is 114 Å². The lowest BCUT2D eigenvalue weighted by molar-refractivity contribution is 0.237. The second-order valence-corrected chi connectivity index (χ2v) is 4.97. The van der Waals surface area contributed by atoms with Crippen LogP contribution in [0.2, 0.25) is 0 Å². The molecule has 0 amide bonds. The minimum absolute atomic E-state index is 0.230. The summed E-state index contributed by atoms with van der Waals surface area (Å²) >= 11 is 0. The molecule has 0 saturated carbocycles. The Bertz CT molecular complexity index is 392. The molecule has 0 atom stereocenters. The first-order valence-electron chi connectivity index (χ1n) is 7.13. The normalized spacial score (nSPS) is 15.9. The molecule has 1 heterocycles. The van der Waals surface area contributed by atoms with Crippen LogP contribution in [0.3, 0.4) is 0 Å². The number of nitrogens with one attached hydrogen (secondary N) is 1. The van der Waals surface area contributed by atoms with Gasteiger partial charge in [-0.1, -0.05) is 6.92 Å². The first-order chi connectivity index (χ1) is 9.28. The van der Waals surface area contributed by atoms with Crippen LogP contribution in [0.25, 0.3) is 0 Å². The van der Waals surface area contributed by atoms with E-state index in [4.69, 9.17) is 4.74 Å². The van der Waals surface area contributed by atoms with Gasteiger partial charge in [0.15, 0.2) is 0 Å². The maximum absolute atomic E-state index is 13.5. The molecule has 3 nitrogen and oxygen atoms in total. The topological polar surface area (TPSA) is 24.5 Å². The lowest BCUT2D eigenvalue weighted by Crippen LogP contribution is -2.25. The van der Waals surface area contributed by atoms with Crippen LogP contribution >= 0.6 is 0 Å². The Morgan fingerprint density at radius 3 is 2.79 bits per heavy atom. The molecule has 0 bridgehead atoms. The van der Waals surface area contributed by atoms with Gasteiger partial charge in [-0.05, 0) is 50.2 Å². The van der Waals surface area contributed by atoms with E-state index in [0.717, 1.165) is 31.7 Å². The standard InChI is InChI=1S/C15H23FN2O/c1-2-17-12-13-9-14(16)11-15(10-13)19-8-7-18-5-3-4-6-18/h9-11,17H,2-8,12H2,1H3. The van der Waals surface area contributed by atoms with Gasteiger partial charge in [-0.15, -0.1) is 0 Å². The highest BCUT2D eigenvalue weighted by molar-refractivity contribution is 5.29. The fraction of sp³-hybridized carbons (Fsp3) is 0.600. The molecule has 2 rings (SSSR count). The van der Waals surface area contributed by atoms with E-state index in [9.17, 15) is 4.39 Å². The monoisotopic (exact) mass is 266 g/mol. The molecule has 1 fully saturated rings. The van der Waals surface area contributed by atoms with Crippen molar-refractivity contribution in [2.24, 2.45) is 0 Å². The summed E-state index contributed by atoms with van der Waals surface area (Å²) in [6.45, 7) is 7.48. The molecule has 1 aliphatic rings. The molecule has 0 radical (unpaired) electrons. The van der Waals surface area contributed by atoms with Crippen molar-refractivity contribution >= 4 is 0 Å². The SMILES string of the molecule is CCNCc1cc(F)cc(OCCN2CCCC2)c1. The van der Waals surface area contributed by atoms with Crippen molar-refractivity contribution in [2.75, 3.05) is 32.8 Å². The van der Waals surface area contributed by atoms with Crippen LogP contribution in [0, 0.1) is 5.82 Å². The molecule has 1 aliphatic heterocycles. The highest BCUT2D eigenvalue weighted by Crippen LogP contribution is 2.17. The van der Waals surface area contributed by atoms with Crippen molar-refractivity contribution in [3.05, 3.63) is 29.6 Å². The molecule has 4 heteroatoms. The van der Waals surface area contributed by atoms with E-state index < -0.39 is 0 Å². The van der Waals surface area contributed by atoms with E-state index in [1.54, 1.807) is 6.07 Å². The zero-order valence-electron chi connectivity index (χ0n) is 11.6. The largest absolute Gasteiger partial charge is 0.492 e. The summed E-state index contributed by atoms with van der Waals surface area (Å²) in [6, 6.07) is 4.92. The van der Waals surface area contributed by atoms with Crippen molar-refractivity contribution < 1.29 is 9.13 Å². The Balaban J connectivity index is 1.82. The van der Waals surface area contributed by atoms with Gasteiger partial charge in [-0.3, -0.25) is 4.90 Å². The third-order valence-corrected chi connectivity index (χ3v) is 3.39. The predicted molar refractivity (Wildman–Crippen MR) is 74.9 cm³/mol. The van der Waals surface area contributed by atoms with E-state index in [0.29, 0.717) is 18.9 Å². The van der Waals surface area contributed by atoms with Crippen molar-refractivity contribution in [1.82, 2.24) is 10.2 Å². The van der Waals surface area contributed by atoms with E-state index in [-0.39, 0.29) is 5.82 Å². The molecule has 0 unspecified atom stereocenters. The van der Waals surface area contributed by atoms with Gasteiger partial charge >= 0.3 is 0 Å². The minimum Gasteiger partial charge on any atom is -0.492 e. The van der Waals surface area contributed by atoms with E-state index in [1.165, 1.54) is 18.9 Å². The molecule has 1 aromatic rings. The second kappa shape index (κ2) is 7.46. The van der Waals surface area contributed by atoms with Gasteiger partial charge in [-0.2, -0.15) is 0 Å². The average molecular weight is 266 g/mol. The molecule has 1 saturated heterocycles. The molecule has 1 N–H and O–H groups in total. The number of hydrogen-bond donors (Lipinski definition) is 1. The highest BCUT2D eigenvalue weighted by atomic mass is 19.1. The fourth-order valence-corrected chi connectivity index (χ4v) is 2.37. The first-order valence-corrected chi connectivity index (χ1v) is 7.13. The van der Waals surface area contributed by atoms with Crippen LogP contribution in [0.5, 0.6) is 5.75 Å². The van der Waals surface area contributed by atoms with E-state index >= 15 is 0 Å². The van der Waals surface area contributed by atoms with Crippen LogP contribution in [-0.4, -0.2) is 37.7 Å². The molecule has 0 spiro atoms.